The van der Waals surface area contributed by atoms with Gasteiger partial charge >= 0.3 is 5.69 Å². The summed E-state index contributed by atoms with van der Waals surface area (Å²) in [5, 5.41) is 15.4. The molecule has 1 fully saturated rings. The Labute approximate surface area is 178 Å². The number of nitrogens with zero attached hydrogens (tertiary/aromatic N) is 3. The molecule has 3 aromatic rings. The van der Waals surface area contributed by atoms with Crippen LogP contribution in [0.25, 0.3) is 5.69 Å². The van der Waals surface area contributed by atoms with Crippen LogP contribution in [0.4, 0.5) is 0 Å². The van der Waals surface area contributed by atoms with E-state index in [0.717, 1.165) is 30.0 Å². The molecule has 0 spiro atoms. The fraction of sp³-hybridized carbons (Fsp3) is 0.211. The van der Waals surface area contributed by atoms with Crippen molar-refractivity contribution in [2.75, 3.05) is 0 Å². The zero-order chi connectivity index (χ0) is 21.4. The molecule has 30 heavy (non-hydrogen) atoms. The summed E-state index contributed by atoms with van der Waals surface area (Å²) in [4.78, 5) is 37.7. The Morgan fingerprint density at radius 3 is 2.43 bits per heavy atom. The van der Waals surface area contributed by atoms with Gasteiger partial charge in [0, 0.05) is 17.8 Å². The number of halogens is 2. The number of hydrogen-bond acceptors (Lipinski definition) is 6. The number of H-pyrrole nitrogens is 2. The van der Waals surface area contributed by atoms with Crippen LogP contribution in [-0.2, 0) is 0 Å². The third kappa shape index (κ3) is 3.63. The third-order valence-corrected chi connectivity index (χ3v) is 5.45. The minimum absolute atomic E-state index is 0.0623. The fourth-order valence-corrected chi connectivity index (χ4v) is 3.66. The van der Waals surface area contributed by atoms with Crippen LogP contribution in [0, 0.1) is 11.3 Å². The molecule has 1 aromatic carbocycles. The van der Waals surface area contributed by atoms with E-state index in [0.29, 0.717) is 5.56 Å². The Hall–Kier alpha value is -3.35. The lowest BCUT2D eigenvalue weighted by Gasteiger charge is -2.24. The van der Waals surface area contributed by atoms with Gasteiger partial charge in [-0.25, -0.2) is 9.89 Å². The molecule has 1 saturated carbocycles. The number of aromatic nitrogens is 4. The number of rotatable bonds is 4. The molecule has 0 saturated heterocycles. The predicted octanol–water partition coefficient (Wildman–Crippen LogP) is 2.85. The van der Waals surface area contributed by atoms with Crippen LogP contribution in [0.15, 0.2) is 38.8 Å². The van der Waals surface area contributed by atoms with Crippen LogP contribution < -0.4 is 21.5 Å². The molecule has 0 amide bonds. The molecule has 9 nitrogen and oxygen atoms in total. The van der Waals surface area contributed by atoms with Crippen LogP contribution in [0.1, 0.15) is 36.3 Å². The van der Waals surface area contributed by atoms with Crippen molar-refractivity contribution >= 4 is 23.2 Å². The van der Waals surface area contributed by atoms with Gasteiger partial charge in [-0.2, -0.15) is 5.26 Å². The lowest BCUT2D eigenvalue weighted by atomic mass is 9.81. The van der Waals surface area contributed by atoms with E-state index >= 15 is 0 Å². The van der Waals surface area contributed by atoms with Gasteiger partial charge in [0.1, 0.15) is 11.6 Å². The summed E-state index contributed by atoms with van der Waals surface area (Å²) >= 11 is 12.6. The number of nitrogens with one attached hydrogen (secondary N) is 2. The molecule has 0 aliphatic heterocycles. The van der Waals surface area contributed by atoms with Crippen molar-refractivity contribution in [3.8, 4) is 23.4 Å². The summed E-state index contributed by atoms with van der Waals surface area (Å²) in [5.74, 6) is 0.383. The first-order valence-electron chi connectivity index (χ1n) is 8.90. The van der Waals surface area contributed by atoms with Crippen molar-refractivity contribution in [2.24, 2.45) is 0 Å². The molecular weight excluding hydrogens is 433 g/mol. The highest BCUT2D eigenvalue weighted by Crippen LogP contribution is 2.39. The van der Waals surface area contributed by atoms with Gasteiger partial charge in [0.25, 0.3) is 11.1 Å². The van der Waals surface area contributed by atoms with Gasteiger partial charge in [-0.05, 0) is 30.9 Å². The van der Waals surface area contributed by atoms with Gasteiger partial charge in [0.05, 0.1) is 15.7 Å². The van der Waals surface area contributed by atoms with E-state index in [4.69, 9.17) is 33.2 Å². The molecule has 11 heteroatoms. The summed E-state index contributed by atoms with van der Waals surface area (Å²) < 4.78 is 6.73. The molecule has 1 aliphatic carbocycles. The van der Waals surface area contributed by atoms with Gasteiger partial charge in [-0.1, -0.05) is 29.6 Å². The Kier molecular flexibility index (Phi) is 5.20. The minimum Gasteiger partial charge on any atom is -0.434 e. The standard InChI is InChI=1S/C19H13Cl2N5O4/c20-13-4-11(26-8-10(7-22)17(27)23-19(26)29)5-14(21)16(13)30-15-6-12(9-2-1-3-9)18(28)25-24-15/h4-6,8-9H,1-3H2,(H,25,28)(H,23,27,29). The SMILES string of the molecule is N#Cc1cn(-c2cc(Cl)c(Oc3cc(C4CCC4)c(=O)[nH]n3)c(Cl)c2)c(=O)[nH]c1=O. The van der Waals surface area contributed by atoms with E-state index < -0.39 is 11.2 Å². The number of aromatic amines is 2. The molecule has 1 aliphatic rings. The first kappa shape index (κ1) is 19.9. The smallest absolute Gasteiger partial charge is 0.332 e. The summed E-state index contributed by atoms with van der Waals surface area (Å²) in [5.41, 5.74) is -1.23. The van der Waals surface area contributed by atoms with Gasteiger partial charge in [-0.15, -0.1) is 5.10 Å². The first-order valence-corrected chi connectivity index (χ1v) is 9.66. The van der Waals surface area contributed by atoms with Crippen molar-refractivity contribution in [3.63, 3.8) is 0 Å². The molecule has 2 aromatic heterocycles. The molecule has 4 rings (SSSR count). The average molecular weight is 446 g/mol. The zero-order valence-electron chi connectivity index (χ0n) is 15.2. The molecular formula is C19H13Cl2N5O4. The number of nitriles is 1. The molecule has 0 unspecified atom stereocenters. The molecule has 2 heterocycles. The van der Waals surface area contributed by atoms with Gasteiger partial charge in [-0.3, -0.25) is 19.1 Å². The van der Waals surface area contributed by atoms with E-state index in [1.807, 2.05) is 0 Å². The maximum Gasteiger partial charge on any atom is 0.332 e. The molecule has 2 N–H and O–H groups in total. The highest BCUT2D eigenvalue weighted by Gasteiger charge is 2.23. The summed E-state index contributed by atoms with van der Waals surface area (Å²) in [7, 11) is 0. The minimum atomic E-state index is -0.790. The van der Waals surface area contributed by atoms with Crippen molar-refractivity contribution in [2.45, 2.75) is 25.2 Å². The van der Waals surface area contributed by atoms with Crippen molar-refractivity contribution < 1.29 is 4.74 Å². The van der Waals surface area contributed by atoms with Crippen LogP contribution in [0.3, 0.4) is 0 Å². The van der Waals surface area contributed by atoms with E-state index in [1.165, 1.54) is 12.1 Å². The first-order chi connectivity index (χ1) is 14.4. The lowest BCUT2D eigenvalue weighted by molar-refractivity contribution is 0.407. The maximum absolute atomic E-state index is 12.1. The average Bonchev–Trinajstić information content (AvgIpc) is 2.65. The summed E-state index contributed by atoms with van der Waals surface area (Å²) in [6.45, 7) is 0. The normalized spacial score (nSPS) is 13.5. The topological polar surface area (TPSA) is 134 Å². The van der Waals surface area contributed by atoms with Crippen molar-refractivity contribution in [3.05, 3.63) is 76.8 Å². The number of ether oxygens (including phenoxy) is 1. The molecule has 0 atom stereocenters. The highest BCUT2D eigenvalue weighted by molar-refractivity contribution is 6.37. The third-order valence-electron chi connectivity index (χ3n) is 4.88. The van der Waals surface area contributed by atoms with Crippen LogP contribution in [-0.4, -0.2) is 19.7 Å². The van der Waals surface area contributed by atoms with E-state index in [2.05, 4.69) is 15.2 Å². The number of hydrogen-bond donors (Lipinski definition) is 2. The predicted molar refractivity (Wildman–Crippen MR) is 109 cm³/mol. The molecule has 0 radical (unpaired) electrons. The van der Waals surface area contributed by atoms with Crippen LogP contribution >= 0.6 is 23.2 Å². The lowest BCUT2D eigenvalue weighted by Crippen LogP contribution is -2.30. The Balaban J connectivity index is 1.71. The maximum atomic E-state index is 12.1. The monoisotopic (exact) mass is 445 g/mol. The largest absolute Gasteiger partial charge is 0.434 e. The Bertz CT molecular complexity index is 1340. The second-order valence-electron chi connectivity index (χ2n) is 6.74. The highest BCUT2D eigenvalue weighted by atomic mass is 35.5. The molecule has 0 bridgehead atoms. The van der Waals surface area contributed by atoms with E-state index in [-0.39, 0.29) is 44.4 Å². The Morgan fingerprint density at radius 2 is 1.83 bits per heavy atom. The van der Waals surface area contributed by atoms with Gasteiger partial charge in [0.15, 0.2) is 5.75 Å². The summed E-state index contributed by atoms with van der Waals surface area (Å²) in [6.07, 6.45) is 4.03. The van der Waals surface area contributed by atoms with Crippen LogP contribution in [0.5, 0.6) is 11.6 Å². The van der Waals surface area contributed by atoms with Crippen LogP contribution in [0.2, 0.25) is 10.0 Å². The van der Waals surface area contributed by atoms with E-state index in [9.17, 15) is 14.4 Å². The Morgan fingerprint density at radius 1 is 1.13 bits per heavy atom. The zero-order valence-corrected chi connectivity index (χ0v) is 16.8. The van der Waals surface area contributed by atoms with Gasteiger partial charge < -0.3 is 4.74 Å². The van der Waals surface area contributed by atoms with E-state index in [1.54, 1.807) is 12.1 Å². The summed E-state index contributed by atoms with van der Waals surface area (Å²) in [6, 6.07) is 6.05. The van der Waals surface area contributed by atoms with Crippen molar-refractivity contribution in [1.82, 2.24) is 19.7 Å². The quantitative estimate of drug-likeness (QED) is 0.633. The van der Waals surface area contributed by atoms with Crippen molar-refractivity contribution in [1.29, 1.82) is 5.26 Å². The second-order valence-corrected chi connectivity index (χ2v) is 7.56. The van der Waals surface area contributed by atoms with Gasteiger partial charge in [0.2, 0.25) is 5.88 Å². The number of benzene rings is 1. The molecule has 152 valence electrons. The fourth-order valence-electron chi connectivity index (χ4n) is 3.11. The second kappa shape index (κ2) is 7.82.